The molecule has 3 aromatic rings. The summed E-state index contributed by atoms with van der Waals surface area (Å²) >= 11 is 1.50. The topological polar surface area (TPSA) is 61.9 Å². The molecule has 6 nitrogen and oxygen atoms in total. The third kappa shape index (κ3) is 4.06. The fourth-order valence-electron chi connectivity index (χ4n) is 2.63. The summed E-state index contributed by atoms with van der Waals surface area (Å²) in [6, 6.07) is 10.3. The number of halogens is 3. The molecule has 28 heavy (non-hydrogen) atoms. The van der Waals surface area contributed by atoms with Crippen LogP contribution >= 0.6 is 11.8 Å². The molecular formula is C18H17F3N4O2S. The van der Waals surface area contributed by atoms with Crippen molar-refractivity contribution in [3.63, 3.8) is 0 Å². The number of hydrogen-bond donors (Lipinski definition) is 0. The molecule has 148 valence electrons. The molecule has 0 saturated carbocycles. The Hall–Kier alpha value is -2.75. The molecule has 1 aromatic heterocycles. The van der Waals surface area contributed by atoms with Crippen molar-refractivity contribution in [1.29, 1.82) is 0 Å². The van der Waals surface area contributed by atoms with E-state index in [1.807, 2.05) is 13.0 Å². The largest absolute Gasteiger partial charge is 0.488 e. The fourth-order valence-corrected chi connectivity index (χ4v) is 3.45. The van der Waals surface area contributed by atoms with E-state index in [9.17, 15) is 18.0 Å². The Bertz CT molecular complexity index is 1030. The molecule has 1 heterocycles. The third-order valence-electron chi connectivity index (χ3n) is 3.92. The van der Waals surface area contributed by atoms with E-state index in [1.54, 1.807) is 12.1 Å². The lowest BCUT2D eigenvalue weighted by Gasteiger charge is -2.17. The predicted molar refractivity (Wildman–Crippen MR) is 98.8 cm³/mol. The molecule has 0 saturated heterocycles. The van der Waals surface area contributed by atoms with Crippen LogP contribution in [-0.2, 0) is 19.8 Å². The maximum Gasteiger partial charge on any atom is 0.419 e. The van der Waals surface area contributed by atoms with Gasteiger partial charge in [0, 0.05) is 17.5 Å². The van der Waals surface area contributed by atoms with Crippen molar-refractivity contribution in [2.24, 2.45) is 7.05 Å². The first-order chi connectivity index (χ1) is 13.3. The number of benzene rings is 2. The normalized spacial score (nSPS) is 11.6. The number of rotatable bonds is 6. The number of tetrazole rings is 1. The first-order valence-corrected chi connectivity index (χ1v) is 9.34. The highest BCUT2D eigenvalue weighted by atomic mass is 32.2. The van der Waals surface area contributed by atoms with Gasteiger partial charge in [-0.2, -0.15) is 22.5 Å². The molecule has 10 heteroatoms. The minimum Gasteiger partial charge on any atom is -0.488 e. The lowest BCUT2D eigenvalue weighted by molar-refractivity contribution is -0.139. The van der Waals surface area contributed by atoms with Gasteiger partial charge in [-0.25, -0.2) is 4.79 Å². The molecule has 3 rings (SSSR count). The Morgan fingerprint density at radius 3 is 2.50 bits per heavy atom. The van der Waals surface area contributed by atoms with E-state index in [0.29, 0.717) is 11.3 Å². The molecule has 0 N–H and O–H groups in total. The summed E-state index contributed by atoms with van der Waals surface area (Å²) in [5.41, 5.74) is -0.334. The van der Waals surface area contributed by atoms with Gasteiger partial charge < -0.3 is 4.74 Å². The minimum atomic E-state index is -4.53. The van der Waals surface area contributed by atoms with Crippen LogP contribution in [-0.4, -0.2) is 25.5 Å². The van der Waals surface area contributed by atoms with Crippen molar-refractivity contribution in [1.82, 2.24) is 19.8 Å². The smallest absolute Gasteiger partial charge is 0.419 e. The first kappa shape index (κ1) is 20.0. The van der Waals surface area contributed by atoms with Crippen LogP contribution in [0.4, 0.5) is 13.2 Å². The van der Waals surface area contributed by atoms with Crippen molar-refractivity contribution in [2.45, 2.75) is 24.6 Å². The molecule has 0 fully saturated rings. The molecule has 0 bridgehead atoms. The van der Waals surface area contributed by atoms with Crippen LogP contribution in [0.3, 0.4) is 0 Å². The Balaban J connectivity index is 2.02. The van der Waals surface area contributed by atoms with Crippen LogP contribution in [0.1, 0.15) is 18.1 Å². The highest BCUT2D eigenvalue weighted by molar-refractivity contribution is 7.99. The van der Waals surface area contributed by atoms with Crippen molar-refractivity contribution in [2.75, 3.05) is 5.75 Å². The van der Waals surface area contributed by atoms with E-state index in [1.165, 1.54) is 37.0 Å². The van der Waals surface area contributed by atoms with Crippen molar-refractivity contribution >= 4 is 11.8 Å². The maximum atomic E-state index is 13.2. The number of alkyl halides is 3. The average molecular weight is 410 g/mol. The van der Waals surface area contributed by atoms with Gasteiger partial charge in [-0.05, 0) is 40.4 Å². The second-order valence-corrected chi connectivity index (χ2v) is 7.07. The second kappa shape index (κ2) is 8.09. The van der Waals surface area contributed by atoms with E-state index in [0.717, 1.165) is 26.1 Å². The average Bonchev–Trinajstić information content (AvgIpc) is 2.99. The van der Waals surface area contributed by atoms with Crippen molar-refractivity contribution in [3.8, 4) is 11.4 Å². The maximum absolute atomic E-state index is 13.2. The predicted octanol–water partition coefficient (Wildman–Crippen LogP) is 3.68. The number of aromatic nitrogens is 4. The van der Waals surface area contributed by atoms with Crippen LogP contribution in [0.5, 0.6) is 5.75 Å². The quantitative estimate of drug-likeness (QED) is 0.580. The van der Waals surface area contributed by atoms with Crippen LogP contribution in [0, 0.1) is 0 Å². The summed E-state index contributed by atoms with van der Waals surface area (Å²) in [7, 11) is 1.46. The summed E-state index contributed by atoms with van der Waals surface area (Å²) in [5, 5.41) is 7.53. The Kier molecular flexibility index (Phi) is 5.78. The standard InChI is InChI=1S/C18H17F3N4O2S/c1-3-28-16-10-6-8-14(25-17(26)24(2)22-23-25)12(16)11-27-15-9-5-4-7-13(15)18(19,20)21/h4-10H,3,11H2,1-2H3. The zero-order valence-corrected chi connectivity index (χ0v) is 15.9. The lowest BCUT2D eigenvalue weighted by atomic mass is 10.1. The van der Waals surface area contributed by atoms with Gasteiger partial charge in [0.25, 0.3) is 0 Å². The van der Waals surface area contributed by atoms with Crippen LogP contribution in [0.15, 0.2) is 52.2 Å². The van der Waals surface area contributed by atoms with Gasteiger partial charge in [0.15, 0.2) is 0 Å². The van der Waals surface area contributed by atoms with Crippen molar-refractivity contribution < 1.29 is 17.9 Å². The molecule has 0 unspecified atom stereocenters. The summed E-state index contributed by atoms with van der Waals surface area (Å²) in [5.74, 6) is 0.467. The number of para-hydroxylation sites is 1. The van der Waals surface area contributed by atoms with Crippen molar-refractivity contribution in [3.05, 3.63) is 64.1 Å². The molecule has 0 aliphatic rings. The SMILES string of the molecule is CCSc1cccc(-n2nnn(C)c2=O)c1COc1ccccc1C(F)(F)F. The summed E-state index contributed by atoms with van der Waals surface area (Å²) < 4.78 is 47.4. The first-order valence-electron chi connectivity index (χ1n) is 8.36. The zero-order valence-electron chi connectivity index (χ0n) is 15.1. The van der Waals surface area contributed by atoms with Gasteiger partial charge in [0.2, 0.25) is 0 Å². The highest BCUT2D eigenvalue weighted by Gasteiger charge is 2.34. The third-order valence-corrected chi connectivity index (χ3v) is 4.90. The van der Waals surface area contributed by atoms with Gasteiger partial charge >= 0.3 is 11.9 Å². The van der Waals surface area contributed by atoms with Crippen LogP contribution in [0.25, 0.3) is 5.69 Å². The summed E-state index contributed by atoms with van der Waals surface area (Å²) in [4.78, 5) is 13.0. The van der Waals surface area contributed by atoms with E-state index < -0.39 is 17.4 Å². The molecule has 0 radical (unpaired) electrons. The van der Waals surface area contributed by atoms with Gasteiger partial charge in [-0.1, -0.05) is 25.1 Å². The minimum absolute atomic E-state index is 0.158. The Morgan fingerprint density at radius 1 is 1.11 bits per heavy atom. The monoisotopic (exact) mass is 410 g/mol. The lowest BCUT2D eigenvalue weighted by Crippen LogP contribution is -2.23. The molecule has 0 aliphatic heterocycles. The number of ether oxygens (including phenoxy) is 1. The molecule has 0 aliphatic carbocycles. The number of thioether (sulfide) groups is 1. The van der Waals surface area contributed by atoms with Gasteiger partial charge in [0.1, 0.15) is 12.4 Å². The van der Waals surface area contributed by atoms with Crippen LogP contribution < -0.4 is 10.4 Å². The van der Waals surface area contributed by atoms with Gasteiger partial charge in [0.05, 0.1) is 11.3 Å². The Labute approximate surface area is 162 Å². The molecular weight excluding hydrogens is 393 g/mol. The van der Waals surface area contributed by atoms with E-state index >= 15 is 0 Å². The number of hydrogen-bond acceptors (Lipinski definition) is 5. The highest BCUT2D eigenvalue weighted by Crippen LogP contribution is 2.37. The fraction of sp³-hybridized carbons (Fsp3) is 0.278. The molecule has 0 atom stereocenters. The Morgan fingerprint density at radius 2 is 1.86 bits per heavy atom. The van der Waals surface area contributed by atoms with Gasteiger partial charge in [-0.15, -0.1) is 11.8 Å². The molecule has 2 aromatic carbocycles. The summed E-state index contributed by atoms with van der Waals surface area (Å²) in [6.45, 7) is 1.80. The van der Waals surface area contributed by atoms with Gasteiger partial charge in [-0.3, -0.25) is 0 Å². The van der Waals surface area contributed by atoms with E-state index in [-0.39, 0.29) is 12.4 Å². The molecule has 0 amide bonds. The number of nitrogens with zero attached hydrogens (tertiary/aromatic N) is 4. The zero-order chi connectivity index (χ0) is 20.3. The second-order valence-electron chi connectivity index (χ2n) is 5.77. The summed E-state index contributed by atoms with van der Waals surface area (Å²) in [6.07, 6.45) is -4.53. The van der Waals surface area contributed by atoms with E-state index in [4.69, 9.17) is 4.74 Å². The van der Waals surface area contributed by atoms with Crippen LogP contribution in [0.2, 0.25) is 0 Å². The molecule has 0 spiro atoms. The number of aryl methyl sites for hydroxylation is 1. The van der Waals surface area contributed by atoms with E-state index in [2.05, 4.69) is 10.4 Å².